The molecule has 0 aromatic heterocycles. The van der Waals surface area contributed by atoms with E-state index >= 15 is 0 Å². The van der Waals surface area contributed by atoms with Gasteiger partial charge in [0, 0.05) is 17.7 Å². The summed E-state index contributed by atoms with van der Waals surface area (Å²) >= 11 is 0. The molecule has 2 rings (SSSR count). The number of ether oxygens (including phenoxy) is 3. The fourth-order valence-electron chi connectivity index (χ4n) is 2.80. The van der Waals surface area contributed by atoms with E-state index in [2.05, 4.69) is 6.58 Å². The van der Waals surface area contributed by atoms with Crippen molar-refractivity contribution < 1.29 is 54.9 Å². The quantitative estimate of drug-likeness (QED) is 0.154. The van der Waals surface area contributed by atoms with Crippen LogP contribution in [0.1, 0.15) is 29.2 Å². The Morgan fingerprint density at radius 1 is 0.795 bits per heavy atom. The van der Waals surface area contributed by atoms with Gasteiger partial charge in [0.1, 0.15) is 13.2 Å². The molecule has 6 nitrogen and oxygen atoms in total. The zero-order chi connectivity index (χ0) is 29.2. The van der Waals surface area contributed by atoms with Crippen LogP contribution in [0.3, 0.4) is 0 Å². The van der Waals surface area contributed by atoms with Crippen LogP contribution in [0, 0.1) is 0 Å². The first kappa shape index (κ1) is 30.9. The molecule has 0 aliphatic carbocycles. The van der Waals surface area contributed by atoms with Crippen LogP contribution in [0.5, 0.6) is 0 Å². The van der Waals surface area contributed by atoms with Gasteiger partial charge in [-0.15, -0.1) is 0 Å². The Hall–Kier alpha value is -4.35. The molecule has 0 saturated heterocycles. The molecule has 0 aliphatic rings. The number of esters is 3. The summed E-state index contributed by atoms with van der Waals surface area (Å²) in [5, 5.41) is 0. The lowest BCUT2D eigenvalue weighted by Gasteiger charge is -2.17. The van der Waals surface area contributed by atoms with Crippen molar-refractivity contribution in [3.05, 3.63) is 95.1 Å². The lowest BCUT2D eigenvalue weighted by atomic mass is 10.1. The van der Waals surface area contributed by atoms with Gasteiger partial charge >= 0.3 is 30.3 Å². The minimum absolute atomic E-state index is 0.0329. The van der Waals surface area contributed by atoms with Crippen LogP contribution in [0.2, 0.25) is 0 Å². The lowest BCUT2D eigenvalue weighted by molar-refractivity contribution is -0.160. The van der Waals surface area contributed by atoms with Crippen LogP contribution in [0.25, 0.3) is 12.2 Å². The molecule has 0 bridgehead atoms. The van der Waals surface area contributed by atoms with E-state index in [0.29, 0.717) is 0 Å². The molecule has 208 valence electrons. The number of carbonyl (C=O) groups is 3. The molecular formula is C27H22F6O6. The molecule has 2 aromatic rings. The van der Waals surface area contributed by atoms with Crippen molar-refractivity contribution in [2.24, 2.45) is 0 Å². The Labute approximate surface area is 219 Å². The lowest BCUT2D eigenvalue weighted by Crippen LogP contribution is -2.30. The molecule has 0 heterocycles. The third-order valence-electron chi connectivity index (χ3n) is 4.69. The minimum atomic E-state index is -4.58. The van der Waals surface area contributed by atoms with Crippen LogP contribution in [0.15, 0.2) is 72.8 Å². The SMILES string of the molecule is C=C(C)C(=O)OCC(COC(=O)/C=C/c1cccc(C(F)(F)F)c1)OC(=O)/C=C/c1cccc(C(F)(F)F)c1. The van der Waals surface area contributed by atoms with Gasteiger partial charge in [0.15, 0.2) is 6.10 Å². The average Bonchev–Trinajstić information content (AvgIpc) is 2.86. The molecule has 0 spiro atoms. The molecule has 39 heavy (non-hydrogen) atoms. The molecule has 2 aromatic carbocycles. The van der Waals surface area contributed by atoms with Gasteiger partial charge < -0.3 is 14.2 Å². The third-order valence-corrected chi connectivity index (χ3v) is 4.69. The molecular weight excluding hydrogens is 534 g/mol. The van der Waals surface area contributed by atoms with Gasteiger partial charge in [0.25, 0.3) is 0 Å². The largest absolute Gasteiger partial charge is 0.458 e. The smallest absolute Gasteiger partial charge is 0.416 e. The van der Waals surface area contributed by atoms with E-state index in [1.165, 1.54) is 19.1 Å². The minimum Gasteiger partial charge on any atom is -0.458 e. The highest BCUT2D eigenvalue weighted by Crippen LogP contribution is 2.30. The molecule has 1 unspecified atom stereocenters. The Bertz CT molecular complexity index is 1260. The highest BCUT2D eigenvalue weighted by molar-refractivity contribution is 5.88. The molecule has 0 fully saturated rings. The standard InChI is InChI=1S/C27H22F6O6/c1-17(2)25(36)38-16-22(39-24(35)12-10-19-6-4-8-21(14-19)27(31,32)33)15-37-23(34)11-9-18-5-3-7-20(13-18)26(28,29)30/h3-14,22H,1,15-16H2,2H3/b11-9+,12-10+. The molecule has 0 saturated carbocycles. The van der Waals surface area contributed by atoms with Gasteiger partial charge in [-0.2, -0.15) is 26.3 Å². The van der Waals surface area contributed by atoms with E-state index in [9.17, 15) is 40.7 Å². The number of carbonyl (C=O) groups excluding carboxylic acids is 3. The Balaban J connectivity index is 2.04. The fraction of sp³-hybridized carbons (Fsp3) is 0.222. The van der Waals surface area contributed by atoms with Crippen molar-refractivity contribution in [2.45, 2.75) is 25.4 Å². The highest BCUT2D eigenvalue weighted by Gasteiger charge is 2.31. The second-order valence-corrected chi connectivity index (χ2v) is 7.98. The zero-order valence-electron chi connectivity index (χ0n) is 20.3. The molecule has 1 atom stereocenters. The molecule has 0 N–H and O–H groups in total. The van der Waals surface area contributed by atoms with Gasteiger partial charge in [-0.25, -0.2) is 14.4 Å². The number of alkyl halides is 6. The maximum Gasteiger partial charge on any atom is 0.416 e. The van der Waals surface area contributed by atoms with Crippen LogP contribution < -0.4 is 0 Å². The number of hydrogen-bond acceptors (Lipinski definition) is 6. The number of halogens is 6. The number of rotatable bonds is 10. The van der Waals surface area contributed by atoms with Gasteiger partial charge in [-0.3, -0.25) is 0 Å². The predicted molar refractivity (Wildman–Crippen MR) is 128 cm³/mol. The second-order valence-electron chi connectivity index (χ2n) is 7.98. The van der Waals surface area contributed by atoms with Crippen LogP contribution in [-0.4, -0.2) is 37.2 Å². The van der Waals surface area contributed by atoms with E-state index in [-0.39, 0.29) is 16.7 Å². The summed E-state index contributed by atoms with van der Waals surface area (Å²) in [6.45, 7) is 3.58. The van der Waals surface area contributed by atoms with Gasteiger partial charge in [0.2, 0.25) is 0 Å². The Morgan fingerprint density at radius 2 is 1.26 bits per heavy atom. The Morgan fingerprint density at radius 3 is 1.72 bits per heavy atom. The van der Waals surface area contributed by atoms with E-state index < -0.39 is 60.7 Å². The van der Waals surface area contributed by atoms with Gasteiger partial charge in [-0.05, 0) is 54.5 Å². The van der Waals surface area contributed by atoms with E-state index in [4.69, 9.17) is 14.2 Å². The first-order valence-electron chi connectivity index (χ1n) is 11.1. The van der Waals surface area contributed by atoms with Crippen molar-refractivity contribution in [1.29, 1.82) is 0 Å². The number of benzene rings is 2. The molecule has 12 heteroatoms. The fourth-order valence-corrected chi connectivity index (χ4v) is 2.80. The summed E-state index contributed by atoms with van der Waals surface area (Å²) in [6, 6.07) is 8.32. The van der Waals surface area contributed by atoms with Crippen LogP contribution >= 0.6 is 0 Å². The highest BCUT2D eigenvalue weighted by atomic mass is 19.4. The predicted octanol–water partition coefficient (Wildman–Crippen LogP) is 6.03. The zero-order valence-corrected chi connectivity index (χ0v) is 20.3. The van der Waals surface area contributed by atoms with Crippen LogP contribution in [0.4, 0.5) is 26.3 Å². The van der Waals surface area contributed by atoms with Gasteiger partial charge in [0.05, 0.1) is 11.1 Å². The summed E-state index contributed by atoms with van der Waals surface area (Å²) < 4.78 is 92.0. The van der Waals surface area contributed by atoms with Crippen molar-refractivity contribution in [1.82, 2.24) is 0 Å². The monoisotopic (exact) mass is 556 g/mol. The summed E-state index contributed by atoms with van der Waals surface area (Å²) in [6.07, 6.45) is -6.64. The average molecular weight is 556 g/mol. The third kappa shape index (κ3) is 10.9. The summed E-state index contributed by atoms with van der Waals surface area (Å²) in [5.74, 6) is -2.87. The number of hydrogen-bond donors (Lipinski definition) is 0. The normalized spacial score (nSPS) is 12.8. The van der Waals surface area contributed by atoms with Gasteiger partial charge in [-0.1, -0.05) is 30.8 Å². The summed E-state index contributed by atoms with van der Waals surface area (Å²) in [4.78, 5) is 36.0. The van der Waals surface area contributed by atoms with E-state index in [1.807, 2.05) is 0 Å². The van der Waals surface area contributed by atoms with E-state index in [0.717, 1.165) is 60.7 Å². The summed E-state index contributed by atoms with van der Waals surface area (Å²) in [5.41, 5.74) is -1.68. The maximum atomic E-state index is 12.9. The summed E-state index contributed by atoms with van der Waals surface area (Å²) in [7, 11) is 0. The first-order chi connectivity index (χ1) is 18.1. The first-order valence-corrected chi connectivity index (χ1v) is 11.1. The second kappa shape index (κ2) is 13.4. The van der Waals surface area contributed by atoms with Crippen molar-refractivity contribution >= 4 is 30.1 Å². The topological polar surface area (TPSA) is 78.9 Å². The van der Waals surface area contributed by atoms with Crippen molar-refractivity contribution in [2.75, 3.05) is 13.2 Å². The van der Waals surface area contributed by atoms with Crippen molar-refractivity contribution in [3.63, 3.8) is 0 Å². The van der Waals surface area contributed by atoms with Crippen molar-refractivity contribution in [3.8, 4) is 0 Å². The molecule has 0 radical (unpaired) electrons. The Kier molecular flexibility index (Phi) is 10.6. The molecule has 0 amide bonds. The van der Waals surface area contributed by atoms with Crippen LogP contribution in [-0.2, 0) is 40.9 Å². The molecule has 0 aliphatic heterocycles. The maximum absolute atomic E-state index is 12.9. The van der Waals surface area contributed by atoms with E-state index in [1.54, 1.807) is 0 Å².